The van der Waals surface area contributed by atoms with Crippen LogP contribution in [0.5, 0.6) is 0 Å². The zero-order valence-corrected chi connectivity index (χ0v) is 22.9. The number of thioether (sulfide) groups is 1. The van der Waals surface area contributed by atoms with Crippen LogP contribution in [0.25, 0.3) is 0 Å². The number of alkyl halides is 3. The van der Waals surface area contributed by atoms with Crippen LogP contribution in [0.3, 0.4) is 0 Å². The lowest BCUT2D eigenvalue weighted by molar-refractivity contribution is -0.144. The molecule has 0 aliphatic carbocycles. The summed E-state index contributed by atoms with van der Waals surface area (Å²) in [5.41, 5.74) is 5.20. The Bertz CT molecular complexity index is 1030. The van der Waals surface area contributed by atoms with Crippen molar-refractivity contribution in [3.8, 4) is 0 Å². The molecule has 0 saturated heterocycles. The van der Waals surface area contributed by atoms with E-state index >= 15 is 0 Å². The molecule has 1 aliphatic rings. The van der Waals surface area contributed by atoms with Gasteiger partial charge in [0.15, 0.2) is 0 Å². The first-order valence-electron chi connectivity index (χ1n) is 12.2. The maximum Gasteiger partial charge on any atom is 0.417 e. The predicted molar refractivity (Wildman–Crippen MR) is 138 cm³/mol. The second-order valence-corrected chi connectivity index (χ2v) is 9.22. The molecule has 0 amide bonds. The van der Waals surface area contributed by atoms with E-state index < -0.39 is 35.5 Å². The van der Waals surface area contributed by atoms with Crippen LogP contribution in [0.2, 0.25) is 0 Å². The lowest BCUT2D eigenvalue weighted by Gasteiger charge is -2.33. The number of carbonyl (C=O) groups excluding carboxylic acids is 2. The van der Waals surface area contributed by atoms with Crippen LogP contribution in [-0.2, 0) is 34.7 Å². The third-order valence-corrected chi connectivity index (χ3v) is 6.73. The van der Waals surface area contributed by atoms with Gasteiger partial charge in [-0.05, 0) is 51.1 Å². The highest BCUT2D eigenvalue weighted by Gasteiger charge is 2.45. The van der Waals surface area contributed by atoms with Crippen LogP contribution in [0, 0.1) is 5.92 Å². The van der Waals surface area contributed by atoms with E-state index in [2.05, 4.69) is 4.99 Å². The van der Waals surface area contributed by atoms with E-state index in [1.807, 2.05) is 0 Å². The molecular formula is C26H35F3N2O6S. The van der Waals surface area contributed by atoms with E-state index in [0.717, 1.165) is 24.2 Å². The quantitative estimate of drug-likeness (QED) is 0.203. The van der Waals surface area contributed by atoms with Crippen LogP contribution < -0.4 is 5.73 Å². The molecule has 0 aromatic heterocycles. The Hall–Kier alpha value is -2.41. The SMILES string of the molecule is CCOC(=O)C1=C(COCCCOCCCN)N=C(C)C(C(=O)OC)C1c1cccc(C(F)(F)F)c1SC. The third-order valence-electron chi connectivity index (χ3n) is 5.87. The number of carbonyl (C=O) groups is 2. The molecule has 1 aromatic rings. The molecule has 2 unspecified atom stereocenters. The molecule has 0 saturated carbocycles. The summed E-state index contributed by atoms with van der Waals surface area (Å²) in [7, 11) is 1.18. The number of benzene rings is 1. The van der Waals surface area contributed by atoms with Gasteiger partial charge in [-0.15, -0.1) is 11.8 Å². The molecular weight excluding hydrogens is 525 g/mol. The van der Waals surface area contributed by atoms with E-state index in [1.54, 1.807) is 13.8 Å². The second-order valence-electron chi connectivity index (χ2n) is 8.40. The number of rotatable bonds is 14. The molecule has 1 heterocycles. The van der Waals surface area contributed by atoms with Gasteiger partial charge in [0, 0.05) is 36.3 Å². The van der Waals surface area contributed by atoms with Crippen molar-refractivity contribution in [2.75, 3.05) is 52.9 Å². The van der Waals surface area contributed by atoms with Gasteiger partial charge in [-0.25, -0.2) is 4.79 Å². The van der Waals surface area contributed by atoms with E-state index in [0.29, 0.717) is 38.5 Å². The van der Waals surface area contributed by atoms with E-state index in [9.17, 15) is 22.8 Å². The van der Waals surface area contributed by atoms with Gasteiger partial charge in [-0.3, -0.25) is 9.79 Å². The number of nitrogens with zero attached hydrogens (tertiary/aromatic N) is 1. The summed E-state index contributed by atoms with van der Waals surface area (Å²) < 4.78 is 63.2. The first-order valence-corrected chi connectivity index (χ1v) is 13.5. The van der Waals surface area contributed by atoms with Crippen molar-refractivity contribution in [3.63, 3.8) is 0 Å². The first kappa shape index (κ1) is 31.8. The number of hydrogen-bond donors (Lipinski definition) is 1. The molecule has 0 bridgehead atoms. The number of halogens is 3. The van der Waals surface area contributed by atoms with Crippen LogP contribution in [0.1, 0.15) is 43.7 Å². The van der Waals surface area contributed by atoms with Crippen molar-refractivity contribution in [1.29, 1.82) is 0 Å². The summed E-state index contributed by atoms with van der Waals surface area (Å²) >= 11 is 0.886. The van der Waals surface area contributed by atoms with E-state index in [-0.39, 0.29) is 34.9 Å². The molecule has 0 spiro atoms. The molecule has 2 N–H and O–H groups in total. The van der Waals surface area contributed by atoms with Gasteiger partial charge in [0.25, 0.3) is 0 Å². The monoisotopic (exact) mass is 560 g/mol. The Morgan fingerprint density at radius 1 is 1.13 bits per heavy atom. The average molecular weight is 561 g/mol. The summed E-state index contributed by atoms with van der Waals surface area (Å²) in [6, 6.07) is 3.72. The summed E-state index contributed by atoms with van der Waals surface area (Å²) in [6.07, 6.45) is -1.80. The Labute approximate surface area is 225 Å². The topological polar surface area (TPSA) is 109 Å². The minimum atomic E-state index is -4.64. The van der Waals surface area contributed by atoms with Crippen LogP contribution >= 0.6 is 11.8 Å². The highest BCUT2D eigenvalue weighted by molar-refractivity contribution is 7.98. The Balaban J connectivity index is 2.56. The number of nitrogens with two attached hydrogens (primary N) is 1. The highest BCUT2D eigenvalue weighted by Crippen LogP contribution is 2.46. The number of ether oxygens (including phenoxy) is 4. The van der Waals surface area contributed by atoms with Gasteiger partial charge in [0.2, 0.25) is 0 Å². The summed E-state index contributed by atoms with van der Waals surface area (Å²) in [4.78, 5) is 30.6. The predicted octanol–water partition coefficient (Wildman–Crippen LogP) is 4.36. The van der Waals surface area contributed by atoms with Crippen molar-refractivity contribution in [3.05, 3.63) is 40.6 Å². The smallest absolute Gasteiger partial charge is 0.417 e. The Morgan fingerprint density at radius 3 is 2.42 bits per heavy atom. The van der Waals surface area contributed by atoms with Gasteiger partial charge in [0.1, 0.15) is 5.92 Å². The molecule has 0 fully saturated rings. The van der Waals surface area contributed by atoms with Crippen molar-refractivity contribution in [2.45, 2.75) is 43.7 Å². The molecule has 38 heavy (non-hydrogen) atoms. The minimum absolute atomic E-state index is 0.0207. The van der Waals surface area contributed by atoms with Crippen molar-refractivity contribution in [1.82, 2.24) is 0 Å². The van der Waals surface area contributed by atoms with Crippen molar-refractivity contribution < 1.29 is 41.7 Å². The first-order chi connectivity index (χ1) is 18.1. The highest BCUT2D eigenvalue weighted by atomic mass is 32.2. The number of methoxy groups -OCH3 is 1. The number of hydrogen-bond acceptors (Lipinski definition) is 9. The van der Waals surface area contributed by atoms with E-state index in [1.165, 1.54) is 25.5 Å². The summed E-state index contributed by atoms with van der Waals surface area (Å²) in [5, 5.41) is 0. The molecule has 212 valence electrons. The largest absolute Gasteiger partial charge is 0.468 e. The number of aliphatic imine (C=N–C) groups is 1. The maximum absolute atomic E-state index is 13.9. The van der Waals surface area contributed by atoms with Gasteiger partial charge >= 0.3 is 18.1 Å². The zero-order chi connectivity index (χ0) is 28.3. The fourth-order valence-electron chi connectivity index (χ4n) is 4.23. The fourth-order valence-corrected chi connectivity index (χ4v) is 5.07. The minimum Gasteiger partial charge on any atom is -0.468 e. The third kappa shape index (κ3) is 8.05. The molecule has 8 nitrogen and oxygen atoms in total. The molecule has 0 radical (unpaired) electrons. The normalized spacial score (nSPS) is 17.8. The summed E-state index contributed by atoms with van der Waals surface area (Å²) in [5.74, 6) is -3.76. The van der Waals surface area contributed by atoms with Gasteiger partial charge in [-0.2, -0.15) is 13.2 Å². The molecule has 2 rings (SSSR count). The second kappa shape index (κ2) is 15.2. The molecule has 12 heteroatoms. The molecule has 2 atom stereocenters. The van der Waals surface area contributed by atoms with Crippen LogP contribution in [0.15, 0.2) is 39.4 Å². The molecule has 1 aliphatic heterocycles. The van der Waals surface area contributed by atoms with Crippen molar-refractivity contribution in [2.24, 2.45) is 16.6 Å². The van der Waals surface area contributed by atoms with Gasteiger partial charge in [0.05, 0.1) is 37.2 Å². The van der Waals surface area contributed by atoms with Crippen LogP contribution in [-0.4, -0.2) is 70.6 Å². The lowest BCUT2D eigenvalue weighted by atomic mass is 9.75. The standard InChI is InChI=1S/C26H35F3N2O6S/c1-5-37-25(33)22-19(15-36-14-8-13-35-12-7-11-30)31-16(2)20(24(32)34-3)21(22)17-9-6-10-18(23(17)38-4)26(27,28)29/h6,9-10,20-21H,5,7-8,11-15,30H2,1-4H3. The average Bonchev–Trinajstić information content (AvgIpc) is 2.88. The Morgan fingerprint density at radius 2 is 1.82 bits per heavy atom. The zero-order valence-electron chi connectivity index (χ0n) is 22.1. The van der Waals surface area contributed by atoms with Gasteiger partial charge < -0.3 is 24.7 Å². The van der Waals surface area contributed by atoms with Crippen molar-refractivity contribution >= 4 is 29.4 Å². The lowest BCUT2D eigenvalue weighted by Crippen LogP contribution is -2.37. The summed E-state index contributed by atoms with van der Waals surface area (Å²) in [6.45, 7) is 4.94. The maximum atomic E-state index is 13.9. The fraction of sp³-hybridized carbons (Fsp3) is 0.577. The van der Waals surface area contributed by atoms with Gasteiger partial charge in [-0.1, -0.05) is 12.1 Å². The molecule has 1 aromatic carbocycles. The van der Waals surface area contributed by atoms with E-state index in [4.69, 9.17) is 24.7 Å². The number of esters is 2. The Kier molecular flexibility index (Phi) is 12.8. The van der Waals surface area contributed by atoms with Crippen LogP contribution in [0.4, 0.5) is 13.2 Å².